The number of hydrogen-bond acceptors (Lipinski definition) is 3. The average molecular weight is 342 g/mol. The Balaban J connectivity index is 1.65. The normalized spacial score (nSPS) is 10.4. The lowest BCUT2D eigenvalue weighted by atomic mass is 10.1. The molecule has 0 bridgehead atoms. The molecule has 0 saturated carbocycles. The highest BCUT2D eigenvalue weighted by Gasteiger charge is 2.11. The minimum absolute atomic E-state index is 0.0811. The van der Waals surface area contributed by atoms with Crippen molar-refractivity contribution in [2.24, 2.45) is 0 Å². The van der Waals surface area contributed by atoms with Gasteiger partial charge in [-0.2, -0.15) is 0 Å². The molecule has 0 aliphatic heterocycles. The predicted molar refractivity (Wildman–Crippen MR) is 90.0 cm³/mol. The SMILES string of the molecule is O=C(NCc1ccc(-c2cccnc2)nc1)c1ccc(F)cc1Cl. The van der Waals surface area contributed by atoms with Crippen molar-refractivity contribution >= 4 is 17.5 Å². The van der Waals surface area contributed by atoms with Crippen LogP contribution >= 0.6 is 11.6 Å². The number of carbonyl (C=O) groups is 1. The van der Waals surface area contributed by atoms with E-state index >= 15 is 0 Å². The Bertz CT molecular complexity index is 854. The summed E-state index contributed by atoms with van der Waals surface area (Å²) in [5, 5.41) is 2.82. The van der Waals surface area contributed by atoms with Gasteiger partial charge in [0, 0.05) is 30.7 Å². The number of benzene rings is 1. The summed E-state index contributed by atoms with van der Waals surface area (Å²) >= 11 is 5.88. The lowest BCUT2D eigenvalue weighted by Crippen LogP contribution is -2.23. The first-order chi connectivity index (χ1) is 11.6. The summed E-state index contributed by atoms with van der Waals surface area (Å²) in [6.07, 6.45) is 5.13. The lowest BCUT2D eigenvalue weighted by Gasteiger charge is -2.07. The summed E-state index contributed by atoms with van der Waals surface area (Å²) in [5.41, 5.74) is 2.80. The molecule has 0 fully saturated rings. The topological polar surface area (TPSA) is 54.9 Å². The van der Waals surface area contributed by atoms with Crippen molar-refractivity contribution in [1.82, 2.24) is 15.3 Å². The van der Waals surface area contributed by atoms with Gasteiger partial charge in [0.15, 0.2) is 0 Å². The second-order valence-corrected chi connectivity index (χ2v) is 5.51. The van der Waals surface area contributed by atoms with Gasteiger partial charge in [-0.1, -0.05) is 17.7 Å². The number of pyridine rings is 2. The summed E-state index contributed by atoms with van der Waals surface area (Å²) in [6.45, 7) is 0.298. The first kappa shape index (κ1) is 16.1. The molecule has 0 unspecified atom stereocenters. The largest absolute Gasteiger partial charge is 0.348 e. The van der Waals surface area contributed by atoms with Gasteiger partial charge in [0.2, 0.25) is 0 Å². The van der Waals surface area contributed by atoms with Crippen molar-refractivity contribution in [3.05, 3.63) is 83.0 Å². The van der Waals surface area contributed by atoms with Crippen LogP contribution in [0, 0.1) is 5.82 Å². The van der Waals surface area contributed by atoms with Crippen molar-refractivity contribution in [2.75, 3.05) is 0 Å². The third-order valence-corrected chi connectivity index (χ3v) is 3.72. The van der Waals surface area contributed by atoms with E-state index in [1.165, 1.54) is 12.1 Å². The van der Waals surface area contributed by atoms with Gasteiger partial charge in [-0.3, -0.25) is 14.8 Å². The molecule has 0 aliphatic rings. The van der Waals surface area contributed by atoms with Gasteiger partial charge in [0.1, 0.15) is 5.82 Å². The van der Waals surface area contributed by atoms with Crippen LogP contribution in [0.4, 0.5) is 4.39 Å². The molecule has 120 valence electrons. The Morgan fingerprint density at radius 2 is 2.04 bits per heavy atom. The van der Waals surface area contributed by atoms with E-state index in [0.29, 0.717) is 6.54 Å². The van der Waals surface area contributed by atoms with Gasteiger partial charge in [-0.25, -0.2) is 4.39 Å². The van der Waals surface area contributed by atoms with Crippen molar-refractivity contribution in [1.29, 1.82) is 0 Å². The Morgan fingerprint density at radius 1 is 1.17 bits per heavy atom. The number of halogens is 2. The van der Waals surface area contributed by atoms with Crippen molar-refractivity contribution < 1.29 is 9.18 Å². The molecule has 2 aromatic heterocycles. The molecule has 0 atom stereocenters. The zero-order valence-corrected chi connectivity index (χ0v) is 13.3. The van der Waals surface area contributed by atoms with Crippen LogP contribution in [0.1, 0.15) is 15.9 Å². The van der Waals surface area contributed by atoms with Crippen LogP contribution < -0.4 is 5.32 Å². The maximum absolute atomic E-state index is 13.0. The minimum atomic E-state index is -0.480. The van der Waals surface area contributed by atoms with Crippen LogP contribution in [-0.2, 0) is 6.54 Å². The monoisotopic (exact) mass is 341 g/mol. The standard InChI is InChI=1S/C18H13ClFN3O/c19-16-8-14(20)4-5-15(16)18(24)23-10-12-3-6-17(22-9-12)13-2-1-7-21-11-13/h1-9,11H,10H2,(H,23,24). The molecular weight excluding hydrogens is 329 g/mol. The second-order valence-electron chi connectivity index (χ2n) is 5.10. The summed E-state index contributed by atoms with van der Waals surface area (Å²) in [5.74, 6) is -0.844. The summed E-state index contributed by atoms with van der Waals surface area (Å²) < 4.78 is 13.0. The molecule has 1 amide bonds. The maximum Gasteiger partial charge on any atom is 0.253 e. The highest BCUT2D eigenvalue weighted by molar-refractivity contribution is 6.33. The third kappa shape index (κ3) is 3.75. The molecule has 3 rings (SSSR count). The Hall–Kier alpha value is -2.79. The van der Waals surface area contributed by atoms with E-state index in [9.17, 15) is 9.18 Å². The van der Waals surface area contributed by atoms with Gasteiger partial charge in [0.05, 0.1) is 16.3 Å². The molecule has 0 aliphatic carbocycles. The minimum Gasteiger partial charge on any atom is -0.348 e. The molecule has 1 N–H and O–H groups in total. The molecule has 3 aromatic rings. The number of carbonyl (C=O) groups excluding carboxylic acids is 1. The number of nitrogens with zero attached hydrogens (tertiary/aromatic N) is 2. The van der Waals surface area contributed by atoms with Crippen molar-refractivity contribution in [2.45, 2.75) is 6.54 Å². The fourth-order valence-corrected chi connectivity index (χ4v) is 2.42. The van der Waals surface area contributed by atoms with E-state index in [2.05, 4.69) is 15.3 Å². The zero-order chi connectivity index (χ0) is 16.9. The molecule has 0 spiro atoms. The number of hydrogen-bond donors (Lipinski definition) is 1. The second kappa shape index (κ2) is 7.19. The Morgan fingerprint density at radius 3 is 2.71 bits per heavy atom. The van der Waals surface area contributed by atoms with Gasteiger partial charge >= 0.3 is 0 Å². The Kier molecular flexibility index (Phi) is 4.82. The number of aromatic nitrogens is 2. The number of amides is 1. The first-order valence-corrected chi connectivity index (χ1v) is 7.60. The molecule has 2 heterocycles. The van der Waals surface area contributed by atoms with Gasteiger partial charge in [0.25, 0.3) is 5.91 Å². The lowest BCUT2D eigenvalue weighted by molar-refractivity contribution is 0.0951. The highest BCUT2D eigenvalue weighted by Crippen LogP contribution is 2.18. The van der Waals surface area contributed by atoms with Crippen molar-refractivity contribution in [3.8, 4) is 11.3 Å². The summed E-state index contributed by atoms with van der Waals surface area (Å²) in [6, 6.07) is 11.2. The van der Waals surface area contributed by atoms with Crippen LogP contribution in [0.5, 0.6) is 0 Å². The van der Waals surface area contributed by atoms with Gasteiger partial charge < -0.3 is 5.32 Å². The van der Waals surface area contributed by atoms with Crippen LogP contribution in [0.15, 0.2) is 61.1 Å². The average Bonchev–Trinajstić information content (AvgIpc) is 2.61. The summed E-state index contributed by atoms with van der Waals surface area (Å²) in [4.78, 5) is 20.5. The Labute approximate surface area is 143 Å². The van der Waals surface area contributed by atoms with E-state index < -0.39 is 5.82 Å². The molecule has 0 radical (unpaired) electrons. The first-order valence-electron chi connectivity index (χ1n) is 7.22. The molecule has 6 heteroatoms. The van der Waals surface area contributed by atoms with Gasteiger partial charge in [-0.05, 0) is 42.0 Å². The quantitative estimate of drug-likeness (QED) is 0.783. The highest BCUT2D eigenvalue weighted by atomic mass is 35.5. The van der Waals surface area contributed by atoms with Crippen LogP contribution in [-0.4, -0.2) is 15.9 Å². The van der Waals surface area contributed by atoms with Gasteiger partial charge in [-0.15, -0.1) is 0 Å². The van der Waals surface area contributed by atoms with E-state index in [0.717, 1.165) is 22.9 Å². The number of nitrogens with one attached hydrogen (secondary N) is 1. The van der Waals surface area contributed by atoms with E-state index in [4.69, 9.17) is 11.6 Å². The molecule has 24 heavy (non-hydrogen) atoms. The van der Waals surface area contributed by atoms with E-state index in [1.807, 2.05) is 24.3 Å². The molecule has 4 nitrogen and oxygen atoms in total. The molecular formula is C18H13ClFN3O. The van der Waals surface area contributed by atoms with E-state index in [-0.39, 0.29) is 16.5 Å². The fourth-order valence-electron chi connectivity index (χ4n) is 2.17. The van der Waals surface area contributed by atoms with Crippen LogP contribution in [0.2, 0.25) is 5.02 Å². The smallest absolute Gasteiger partial charge is 0.253 e. The maximum atomic E-state index is 13.0. The predicted octanol–water partition coefficient (Wildman–Crippen LogP) is 3.87. The third-order valence-electron chi connectivity index (χ3n) is 3.41. The number of rotatable bonds is 4. The van der Waals surface area contributed by atoms with E-state index in [1.54, 1.807) is 18.6 Å². The molecule has 0 saturated heterocycles. The zero-order valence-electron chi connectivity index (χ0n) is 12.5. The molecule has 1 aromatic carbocycles. The van der Waals surface area contributed by atoms with Crippen molar-refractivity contribution in [3.63, 3.8) is 0 Å². The van der Waals surface area contributed by atoms with Crippen LogP contribution in [0.25, 0.3) is 11.3 Å². The summed E-state index contributed by atoms with van der Waals surface area (Å²) in [7, 11) is 0. The van der Waals surface area contributed by atoms with Crippen LogP contribution in [0.3, 0.4) is 0 Å². The fraction of sp³-hybridized carbons (Fsp3) is 0.0556.